The average Bonchev–Trinajstić information content (AvgIpc) is 2.84. The van der Waals surface area contributed by atoms with Gasteiger partial charge in [-0.2, -0.15) is 0 Å². The molecule has 5 atom stereocenters. The van der Waals surface area contributed by atoms with Gasteiger partial charge in [-0.25, -0.2) is 0 Å². The molecule has 3 rings (SSSR count). The van der Waals surface area contributed by atoms with E-state index in [0.717, 1.165) is 25.1 Å². The minimum absolute atomic E-state index is 0.138. The first-order chi connectivity index (χ1) is 17.0. The van der Waals surface area contributed by atoms with Crippen LogP contribution in [-0.4, -0.2) is 86.8 Å². The monoisotopic (exact) mass is 506 g/mol. The lowest BCUT2D eigenvalue weighted by Gasteiger charge is -2.39. The second kappa shape index (κ2) is 11.3. The first-order valence-electron chi connectivity index (χ1n) is 10.7. The van der Waals surface area contributed by atoms with Crippen molar-refractivity contribution < 1.29 is 59.2 Å². The van der Waals surface area contributed by atoms with Gasteiger partial charge in [0.1, 0.15) is 31.0 Å². The topological polar surface area (TPSA) is 192 Å². The largest absolute Gasteiger partial charge is 0.504 e. The summed E-state index contributed by atoms with van der Waals surface area (Å²) in [5, 5.41) is 61.1. The van der Waals surface area contributed by atoms with E-state index in [1.165, 1.54) is 25.3 Å². The summed E-state index contributed by atoms with van der Waals surface area (Å²) in [6.45, 7) is 0.654. The molecule has 0 aromatic heterocycles. The number of phenolic OH excluding ortho intramolecular Hbond substituents is 3. The zero-order chi connectivity index (χ0) is 26.6. The van der Waals surface area contributed by atoms with Crippen molar-refractivity contribution in [1.82, 2.24) is 0 Å². The number of esters is 1. The standard InChI is InChI=1S/C24H26O12/c1-11(25)34-10-18-20(30)21(31)22(32)24(35-18)36-23-15(27)7-5-13(19(23)29)14(26)6-3-12-4-8-17(33-2)16(28)9-12/h3-9,18,20-22,24,27-32H,10H2,1-2H3/b6-3+/t18-,20-,21-,22+,24-/m0/s1. The van der Waals surface area contributed by atoms with E-state index < -0.39 is 66.3 Å². The van der Waals surface area contributed by atoms with Gasteiger partial charge in [-0.05, 0) is 35.9 Å². The lowest BCUT2D eigenvalue weighted by Crippen LogP contribution is -2.60. The molecule has 2 aromatic carbocycles. The Labute approximate surface area is 205 Å². The van der Waals surface area contributed by atoms with Gasteiger partial charge in [0.05, 0.1) is 12.7 Å². The number of phenols is 3. The molecule has 0 bridgehead atoms. The summed E-state index contributed by atoms with van der Waals surface area (Å²) in [6, 6.07) is 6.64. The molecule has 2 aromatic rings. The maximum atomic E-state index is 12.7. The molecule has 0 amide bonds. The van der Waals surface area contributed by atoms with Gasteiger partial charge in [-0.1, -0.05) is 12.1 Å². The smallest absolute Gasteiger partial charge is 0.302 e. The van der Waals surface area contributed by atoms with Crippen LogP contribution in [-0.2, 0) is 14.3 Å². The molecule has 0 saturated carbocycles. The number of aliphatic hydroxyl groups excluding tert-OH is 3. The highest BCUT2D eigenvalue weighted by molar-refractivity contribution is 6.09. The fraction of sp³-hybridized carbons (Fsp3) is 0.333. The zero-order valence-corrected chi connectivity index (χ0v) is 19.3. The van der Waals surface area contributed by atoms with E-state index in [4.69, 9.17) is 18.9 Å². The van der Waals surface area contributed by atoms with Gasteiger partial charge < -0.3 is 49.6 Å². The second-order valence-electron chi connectivity index (χ2n) is 7.87. The summed E-state index contributed by atoms with van der Waals surface area (Å²) >= 11 is 0. The van der Waals surface area contributed by atoms with Gasteiger partial charge in [-0.3, -0.25) is 9.59 Å². The van der Waals surface area contributed by atoms with Gasteiger partial charge in [-0.15, -0.1) is 0 Å². The third kappa shape index (κ3) is 5.86. The molecule has 0 aliphatic carbocycles. The number of methoxy groups -OCH3 is 1. The molecule has 1 aliphatic rings. The fourth-order valence-corrected chi connectivity index (χ4v) is 3.42. The highest BCUT2D eigenvalue weighted by atomic mass is 16.7. The first kappa shape index (κ1) is 26.8. The van der Waals surface area contributed by atoms with E-state index in [-0.39, 0.29) is 17.1 Å². The minimum Gasteiger partial charge on any atom is -0.504 e. The molecule has 0 spiro atoms. The molecule has 1 fully saturated rings. The molecular weight excluding hydrogens is 480 g/mol. The van der Waals surface area contributed by atoms with Crippen molar-refractivity contribution in [1.29, 1.82) is 0 Å². The van der Waals surface area contributed by atoms with Crippen LogP contribution >= 0.6 is 0 Å². The van der Waals surface area contributed by atoms with Crippen molar-refractivity contribution in [3.63, 3.8) is 0 Å². The highest BCUT2D eigenvalue weighted by Gasteiger charge is 2.46. The van der Waals surface area contributed by atoms with Gasteiger partial charge in [0.2, 0.25) is 12.0 Å². The summed E-state index contributed by atoms with van der Waals surface area (Å²) in [5.41, 5.74) is 0.181. The Bertz CT molecular complexity index is 1140. The average molecular weight is 506 g/mol. The van der Waals surface area contributed by atoms with Gasteiger partial charge >= 0.3 is 5.97 Å². The van der Waals surface area contributed by atoms with Crippen LogP contribution < -0.4 is 9.47 Å². The van der Waals surface area contributed by atoms with E-state index in [2.05, 4.69) is 0 Å². The maximum absolute atomic E-state index is 12.7. The molecule has 1 heterocycles. The van der Waals surface area contributed by atoms with Crippen molar-refractivity contribution in [2.24, 2.45) is 0 Å². The number of benzene rings is 2. The number of hydrogen-bond acceptors (Lipinski definition) is 12. The molecular formula is C24H26O12. The quantitative estimate of drug-likeness (QED) is 0.165. The molecule has 6 N–H and O–H groups in total. The van der Waals surface area contributed by atoms with E-state index in [1.807, 2.05) is 0 Å². The molecule has 1 aliphatic heterocycles. The molecule has 0 radical (unpaired) electrons. The number of aromatic hydroxyl groups is 3. The summed E-state index contributed by atoms with van der Waals surface area (Å²) in [5.74, 6) is -3.28. The van der Waals surface area contributed by atoms with Crippen LogP contribution in [0.3, 0.4) is 0 Å². The molecule has 36 heavy (non-hydrogen) atoms. The van der Waals surface area contributed by atoms with E-state index >= 15 is 0 Å². The molecule has 12 nitrogen and oxygen atoms in total. The van der Waals surface area contributed by atoms with Gasteiger partial charge in [0, 0.05) is 6.92 Å². The number of hydrogen-bond donors (Lipinski definition) is 6. The van der Waals surface area contributed by atoms with Crippen molar-refractivity contribution in [3.05, 3.63) is 47.5 Å². The van der Waals surface area contributed by atoms with E-state index in [9.17, 15) is 40.2 Å². The lowest BCUT2D eigenvalue weighted by molar-refractivity contribution is -0.278. The Balaban J connectivity index is 1.81. The number of aliphatic hydroxyl groups is 3. The summed E-state index contributed by atoms with van der Waals surface area (Å²) < 4.78 is 20.5. The number of rotatable bonds is 8. The van der Waals surface area contributed by atoms with Crippen molar-refractivity contribution in [3.8, 4) is 28.7 Å². The molecule has 1 saturated heterocycles. The van der Waals surface area contributed by atoms with Crippen LogP contribution in [0.1, 0.15) is 22.8 Å². The van der Waals surface area contributed by atoms with Gasteiger partial charge in [0.25, 0.3) is 0 Å². The number of carbonyl (C=O) groups is 2. The number of carbonyl (C=O) groups excluding carboxylic acids is 2. The third-order valence-electron chi connectivity index (χ3n) is 5.36. The summed E-state index contributed by atoms with van der Waals surface area (Å²) in [7, 11) is 1.39. The van der Waals surface area contributed by atoms with Gasteiger partial charge in [0.15, 0.2) is 28.8 Å². The Kier molecular flexibility index (Phi) is 8.37. The highest BCUT2D eigenvalue weighted by Crippen LogP contribution is 2.41. The Morgan fingerprint density at radius 2 is 1.72 bits per heavy atom. The molecule has 194 valence electrons. The second-order valence-corrected chi connectivity index (χ2v) is 7.87. The molecule has 0 unspecified atom stereocenters. The summed E-state index contributed by atoms with van der Waals surface area (Å²) in [4.78, 5) is 23.8. The lowest BCUT2D eigenvalue weighted by atomic mass is 9.99. The van der Waals surface area contributed by atoms with Crippen LogP contribution in [0.25, 0.3) is 6.08 Å². The number of ether oxygens (including phenoxy) is 4. The van der Waals surface area contributed by atoms with Crippen LogP contribution in [0.4, 0.5) is 0 Å². The van der Waals surface area contributed by atoms with Crippen LogP contribution in [0.15, 0.2) is 36.4 Å². The normalized spacial score (nSPS) is 23.9. The maximum Gasteiger partial charge on any atom is 0.302 e. The van der Waals surface area contributed by atoms with E-state index in [1.54, 1.807) is 6.07 Å². The number of ketones is 1. The van der Waals surface area contributed by atoms with Crippen molar-refractivity contribution >= 4 is 17.8 Å². The Morgan fingerprint density at radius 3 is 2.36 bits per heavy atom. The zero-order valence-electron chi connectivity index (χ0n) is 19.3. The van der Waals surface area contributed by atoms with Crippen molar-refractivity contribution in [2.75, 3.05) is 13.7 Å². The number of allylic oxidation sites excluding steroid dienone is 1. The fourth-order valence-electron chi connectivity index (χ4n) is 3.42. The van der Waals surface area contributed by atoms with Crippen LogP contribution in [0.5, 0.6) is 28.7 Å². The predicted molar refractivity (Wildman–Crippen MR) is 122 cm³/mol. The summed E-state index contributed by atoms with van der Waals surface area (Å²) in [6.07, 6.45) is -5.76. The van der Waals surface area contributed by atoms with Crippen LogP contribution in [0.2, 0.25) is 0 Å². The first-order valence-corrected chi connectivity index (χ1v) is 10.7. The molecule has 12 heteroatoms. The third-order valence-corrected chi connectivity index (χ3v) is 5.36. The minimum atomic E-state index is -1.82. The van der Waals surface area contributed by atoms with Crippen LogP contribution in [0, 0.1) is 0 Å². The SMILES string of the molecule is COc1ccc(/C=C/C(=O)c2ccc(O)c(O[C@@H]3O[C@@H](COC(C)=O)[C@H](O)[C@H](O)[C@H]3O)c2O)cc1O. The Morgan fingerprint density at radius 1 is 1.00 bits per heavy atom. The predicted octanol–water partition coefficient (Wildman–Crippen LogP) is 0.458. The Hall–Kier alpha value is -3.84. The van der Waals surface area contributed by atoms with Crippen molar-refractivity contribution in [2.45, 2.75) is 37.6 Å². The van der Waals surface area contributed by atoms with E-state index in [0.29, 0.717) is 5.56 Å².